The van der Waals surface area contributed by atoms with Crippen LogP contribution in [0.5, 0.6) is 5.75 Å². The third kappa shape index (κ3) is 2.29. The van der Waals surface area contributed by atoms with Crippen LogP contribution in [-0.4, -0.2) is 28.5 Å². The number of nitrogens with zero attached hydrogens (tertiary/aromatic N) is 1. The Morgan fingerprint density at radius 1 is 1.15 bits per heavy atom. The first kappa shape index (κ1) is 17.6. The van der Waals surface area contributed by atoms with Gasteiger partial charge in [-0.1, -0.05) is 45.7 Å². The first-order valence-corrected chi connectivity index (χ1v) is 10.9. The molecule has 3 saturated carbocycles. The van der Waals surface area contributed by atoms with E-state index in [1.165, 1.54) is 31.2 Å². The number of amides is 1. The van der Waals surface area contributed by atoms with Crippen molar-refractivity contribution in [3.8, 4) is 5.75 Å². The largest absolute Gasteiger partial charge is 0.508 e. The van der Waals surface area contributed by atoms with Crippen molar-refractivity contribution in [1.82, 2.24) is 4.90 Å². The lowest BCUT2D eigenvalue weighted by atomic mass is 9.50. The molecule has 4 fully saturated rings. The molecule has 1 aromatic carbocycles. The van der Waals surface area contributed by atoms with Crippen molar-refractivity contribution in [3.63, 3.8) is 0 Å². The third-order valence-electron chi connectivity index (χ3n) is 9.28. The molecule has 0 radical (unpaired) electrons. The van der Waals surface area contributed by atoms with E-state index in [1.807, 2.05) is 12.1 Å². The van der Waals surface area contributed by atoms with E-state index in [0.717, 1.165) is 37.3 Å². The van der Waals surface area contributed by atoms with Gasteiger partial charge in [0.1, 0.15) is 5.75 Å². The average molecular weight is 368 g/mol. The molecule has 0 aromatic heterocycles. The number of fused-ring (bicyclic) bond motifs is 7. The SMILES string of the molecule is CC1(C)[C@H]2Cc3c(O)cccc3[C@]1(C)CCN2C(=O)C1CC2CCC1CC2. The first-order valence-electron chi connectivity index (χ1n) is 10.9. The van der Waals surface area contributed by atoms with Gasteiger partial charge in [-0.05, 0) is 66.5 Å². The molecule has 1 unspecified atom stereocenters. The summed E-state index contributed by atoms with van der Waals surface area (Å²) in [7, 11) is 0. The van der Waals surface area contributed by atoms with Crippen LogP contribution in [-0.2, 0) is 16.6 Å². The number of carbonyl (C=O) groups excluding carboxylic acids is 1. The number of phenols is 1. The van der Waals surface area contributed by atoms with Crippen LogP contribution in [0.2, 0.25) is 0 Å². The van der Waals surface area contributed by atoms with Crippen molar-refractivity contribution in [2.75, 3.05) is 6.54 Å². The number of likely N-dealkylation sites (tertiary alicyclic amines) is 1. The zero-order chi connectivity index (χ0) is 19.0. The molecule has 3 atom stereocenters. The highest BCUT2D eigenvalue weighted by Gasteiger charge is 2.58. The molecule has 1 heterocycles. The Hall–Kier alpha value is -1.51. The van der Waals surface area contributed by atoms with E-state index in [0.29, 0.717) is 17.6 Å². The predicted octanol–water partition coefficient (Wildman–Crippen LogP) is 4.66. The van der Waals surface area contributed by atoms with Gasteiger partial charge >= 0.3 is 0 Å². The number of benzene rings is 1. The molecule has 1 aliphatic heterocycles. The van der Waals surface area contributed by atoms with Crippen molar-refractivity contribution >= 4 is 5.91 Å². The fraction of sp³-hybridized carbons (Fsp3) is 0.708. The lowest BCUT2D eigenvalue weighted by Gasteiger charge is -2.61. The number of carbonyl (C=O) groups is 1. The van der Waals surface area contributed by atoms with Crippen LogP contribution in [0.25, 0.3) is 0 Å². The molecule has 0 spiro atoms. The Bertz CT molecular complexity index is 777. The summed E-state index contributed by atoms with van der Waals surface area (Å²) in [6, 6.07) is 6.17. The lowest BCUT2D eigenvalue weighted by molar-refractivity contribution is -0.153. The Labute approximate surface area is 163 Å². The Kier molecular flexibility index (Phi) is 3.74. The Morgan fingerprint density at radius 2 is 1.89 bits per heavy atom. The third-order valence-corrected chi connectivity index (χ3v) is 9.28. The molecule has 3 nitrogen and oxygen atoms in total. The summed E-state index contributed by atoms with van der Waals surface area (Å²) in [4.78, 5) is 15.9. The fourth-order valence-corrected chi connectivity index (χ4v) is 7.08. The van der Waals surface area contributed by atoms with Crippen LogP contribution in [0.1, 0.15) is 70.4 Å². The van der Waals surface area contributed by atoms with Crippen molar-refractivity contribution in [2.45, 2.75) is 77.2 Å². The topological polar surface area (TPSA) is 40.5 Å². The smallest absolute Gasteiger partial charge is 0.226 e. The number of hydrogen-bond donors (Lipinski definition) is 1. The van der Waals surface area contributed by atoms with E-state index < -0.39 is 0 Å². The molecular formula is C24H33NO2. The van der Waals surface area contributed by atoms with Crippen molar-refractivity contribution in [3.05, 3.63) is 29.3 Å². The molecule has 1 amide bonds. The zero-order valence-corrected chi connectivity index (χ0v) is 17.0. The molecule has 146 valence electrons. The molecule has 6 rings (SSSR count). The quantitative estimate of drug-likeness (QED) is 0.784. The number of phenolic OH excluding ortho intramolecular Hbond substituents is 1. The maximum absolute atomic E-state index is 13.7. The molecule has 4 aliphatic carbocycles. The Balaban J connectivity index is 1.51. The molecule has 3 heteroatoms. The monoisotopic (exact) mass is 367 g/mol. The van der Waals surface area contributed by atoms with Gasteiger partial charge in [0.2, 0.25) is 5.91 Å². The highest BCUT2D eigenvalue weighted by molar-refractivity contribution is 5.80. The molecule has 1 aromatic rings. The van der Waals surface area contributed by atoms with Crippen LogP contribution < -0.4 is 0 Å². The maximum Gasteiger partial charge on any atom is 0.226 e. The minimum atomic E-state index is 0.00629. The summed E-state index contributed by atoms with van der Waals surface area (Å²) in [6.07, 6.45) is 8.07. The van der Waals surface area contributed by atoms with Crippen molar-refractivity contribution in [1.29, 1.82) is 0 Å². The van der Waals surface area contributed by atoms with E-state index in [2.05, 4.69) is 31.7 Å². The first-order chi connectivity index (χ1) is 12.8. The zero-order valence-electron chi connectivity index (χ0n) is 17.0. The number of aromatic hydroxyl groups is 1. The van der Waals surface area contributed by atoms with Crippen LogP contribution in [0.4, 0.5) is 0 Å². The second-order valence-corrected chi connectivity index (χ2v) is 10.5. The summed E-state index contributed by atoms with van der Waals surface area (Å²) >= 11 is 0. The van der Waals surface area contributed by atoms with Gasteiger partial charge in [0, 0.05) is 23.9 Å². The van der Waals surface area contributed by atoms with Gasteiger partial charge in [-0.2, -0.15) is 0 Å². The minimum Gasteiger partial charge on any atom is -0.508 e. The molecule has 4 bridgehead atoms. The summed E-state index contributed by atoms with van der Waals surface area (Å²) in [5, 5.41) is 10.6. The molecule has 5 aliphatic rings. The van der Waals surface area contributed by atoms with Crippen LogP contribution in [0, 0.1) is 23.2 Å². The summed E-state index contributed by atoms with van der Waals surface area (Å²) in [5.74, 6) is 2.48. The number of hydrogen-bond acceptors (Lipinski definition) is 2. The summed E-state index contributed by atoms with van der Waals surface area (Å²) in [6.45, 7) is 7.91. The van der Waals surface area contributed by atoms with Gasteiger partial charge in [-0.25, -0.2) is 0 Å². The normalized spacial score (nSPS) is 39.1. The van der Waals surface area contributed by atoms with E-state index in [4.69, 9.17) is 0 Å². The van der Waals surface area contributed by atoms with Crippen LogP contribution in [0.15, 0.2) is 18.2 Å². The summed E-state index contributed by atoms with van der Waals surface area (Å²) < 4.78 is 0. The lowest BCUT2D eigenvalue weighted by Crippen LogP contribution is -2.66. The van der Waals surface area contributed by atoms with E-state index in [-0.39, 0.29) is 22.8 Å². The number of piperidine rings is 1. The highest BCUT2D eigenvalue weighted by atomic mass is 16.3. The minimum absolute atomic E-state index is 0.00629. The van der Waals surface area contributed by atoms with Crippen LogP contribution >= 0.6 is 0 Å². The van der Waals surface area contributed by atoms with Crippen molar-refractivity contribution < 1.29 is 9.90 Å². The van der Waals surface area contributed by atoms with E-state index >= 15 is 0 Å². The van der Waals surface area contributed by atoms with Gasteiger partial charge in [0.25, 0.3) is 0 Å². The van der Waals surface area contributed by atoms with Crippen molar-refractivity contribution in [2.24, 2.45) is 23.2 Å². The molecular weight excluding hydrogens is 334 g/mol. The molecule has 27 heavy (non-hydrogen) atoms. The van der Waals surface area contributed by atoms with Crippen LogP contribution in [0.3, 0.4) is 0 Å². The maximum atomic E-state index is 13.7. The van der Waals surface area contributed by atoms with Gasteiger partial charge in [0.05, 0.1) is 0 Å². The van der Waals surface area contributed by atoms with E-state index in [1.54, 1.807) is 0 Å². The second-order valence-electron chi connectivity index (χ2n) is 10.5. The van der Waals surface area contributed by atoms with Gasteiger partial charge in [-0.3, -0.25) is 4.79 Å². The van der Waals surface area contributed by atoms with E-state index in [9.17, 15) is 9.90 Å². The molecule has 1 saturated heterocycles. The standard InChI is InChI=1S/C24H33NO2/c1-23(2)21-14-18-19(5-4-6-20(18)26)24(23,3)11-12-25(21)22(27)17-13-15-7-9-16(17)10-8-15/h4-6,15-17,21,26H,7-14H2,1-3H3/t15?,16?,17?,21-,24+/m1/s1. The average Bonchev–Trinajstić information content (AvgIpc) is 2.66. The fourth-order valence-electron chi connectivity index (χ4n) is 7.08. The highest BCUT2D eigenvalue weighted by Crippen LogP contribution is 2.58. The Morgan fingerprint density at radius 3 is 2.56 bits per heavy atom. The van der Waals surface area contributed by atoms with Gasteiger partial charge < -0.3 is 10.0 Å². The molecule has 1 N–H and O–H groups in total. The summed E-state index contributed by atoms with van der Waals surface area (Å²) in [5.41, 5.74) is 2.39. The predicted molar refractivity (Wildman–Crippen MR) is 107 cm³/mol. The van der Waals surface area contributed by atoms with Gasteiger partial charge in [0.15, 0.2) is 0 Å². The number of rotatable bonds is 1. The van der Waals surface area contributed by atoms with Gasteiger partial charge in [-0.15, -0.1) is 0 Å². The second kappa shape index (κ2) is 5.75.